The molecular weight excluding hydrogens is 242 g/mol. The van der Waals surface area contributed by atoms with Crippen LogP contribution < -0.4 is 10.5 Å². The van der Waals surface area contributed by atoms with E-state index in [1.165, 1.54) is 18.4 Å². The molecule has 0 aromatic heterocycles. The van der Waals surface area contributed by atoms with Crippen molar-refractivity contribution in [2.75, 3.05) is 6.61 Å². The molecular formula is C15H21NOS. The molecule has 1 aromatic rings. The first-order valence-electron chi connectivity index (χ1n) is 6.52. The summed E-state index contributed by atoms with van der Waals surface area (Å²) >= 11 is 5.00. The lowest BCUT2D eigenvalue weighted by Crippen LogP contribution is -2.21. The molecule has 1 aliphatic carbocycles. The van der Waals surface area contributed by atoms with E-state index in [0.29, 0.717) is 10.9 Å². The first-order valence-corrected chi connectivity index (χ1v) is 6.93. The van der Waals surface area contributed by atoms with Crippen molar-refractivity contribution >= 4 is 17.2 Å². The second kappa shape index (κ2) is 5.27. The smallest absolute Gasteiger partial charge is 0.122 e. The lowest BCUT2D eigenvalue weighted by molar-refractivity contribution is 0.236. The van der Waals surface area contributed by atoms with Gasteiger partial charge >= 0.3 is 0 Å². The molecule has 3 heteroatoms. The van der Waals surface area contributed by atoms with E-state index >= 15 is 0 Å². The Morgan fingerprint density at radius 1 is 1.39 bits per heavy atom. The predicted molar refractivity (Wildman–Crippen MR) is 79.1 cm³/mol. The van der Waals surface area contributed by atoms with Gasteiger partial charge in [-0.2, -0.15) is 0 Å². The van der Waals surface area contributed by atoms with Crippen molar-refractivity contribution in [2.45, 2.75) is 39.0 Å². The topological polar surface area (TPSA) is 35.2 Å². The fourth-order valence-electron chi connectivity index (χ4n) is 2.24. The van der Waals surface area contributed by atoms with Crippen LogP contribution in [-0.2, 0) is 0 Å². The summed E-state index contributed by atoms with van der Waals surface area (Å²) in [6.45, 7) is 5.10. The van der Waals surface area contributed by atoms with Crippen LogP contribution in [0.4, 0.5) is 0 Å². The van der Waals surface area contributed by atoms with Crippen molar-refractivity contribution in [2.24, 2.45) is 11.1 Å². The zero-order chi connectivity index (χ0) is 13.2. The number of hydrogen-bond donors (Lipinski definition) is 1. The molecule has 0 bridgehead atoms. The average Bonchev–Trinajstić information content (AvgIpc) is 3.06. The van der Waals surface area contributed by atoms with Crippen molar-refractivity contribution in [1.82, 2.24) is 0 Å². The summed E-state index contributed by atoms with van der Waals surface area (Å²) in [7, 11) is 0. The minimum atomic E-state index is 0.218. The van der Waals surface area contributed by atoms with Gasteiger partial charge in [0.05, 0.1) is 11.6 Å². The molecule has 1 aromatic carbocycles. The Morgan fingerprint density at radius 2 is 2.06 bits per heavy atom. The van der Waals surface area contributed by atoms with Crippen LogP contribution in [0.15, 0.2) is 24.3 Å². The van der Waals surface area contributed by atoms with Crippen molar-refractivity contribution < 1.29 is 4.74 Å². The minimum absolute atomic E-state index is 0.218. The van der Waals surface area contributed by atoms with E-state index in [9.17, 15) is 0 Å². The third kappa shape index (κ3) is 3.22. The van der Waals surface area contributed by atoms with E-state index in [0.717, 1.165) is 18.8 Å². The molecule has 0 spiro atoms. The van der Waals surface area contributed by atoms with Crippen LogP contribution >= 0.6 is 12.2 Å². The fourth-order valence-corrected chi connectivity index (χ4v) is 2.54. The first kappa shape index (κ1) is 13.3. The Labute approximate surface area is 115 Å². The van der Waals surface area contributed by atoms with Gasteiger partial charge in [-0.05, 0) is 30.4 Å². The SMILES string of the molecule is CC(C)c1ccccc1OCC1(CC(N)=S)CC1. The monoisotopic (exact) mass is 263 g/mol. The van der Waals surface area contributed by atoms with Crippen LogP contribution in [-0.4, -0.2) is 11.6 Å². The quantitative estimate of drug-likeness (QED) is 0.796. The maximum atomic E-state index is 6.01. The van der Waals surface area contributed by atoms with Gasteiger partial charge in [-0.1, -0.05) is 44.3 Å². The number of rotatable bonds is 6. The molecule has 0 atom stereocenters. The molecule has 2 nitrogen and oxygen atoms in total. The Balaban J connectivity index is 2.00. The lowest BCUT2D eigenvalue weighted by Gasteiger charge is -2.18. The number of ether oxygens (including phenoxy) is 1. The van der Waals surface area contributed by atoms with E-state index < -0.39 is 0 Å². The van der Waals surface area contributed by atoms with Crippen LogP contribution in [0.25, 0.3) is 0 Å². The van der Waals surface area contributed by atoms with Gasteiger partial charge < -0.3 is 10.5 Å². The number of para-hydroxylation sites is 1. The second-order valence-electron chi connectivity index (χ2n) is 5.62. The van der Waals surface area contributed by atoms with Crippen molar-refractivity contribution in [3.05, 3.63) is 29.8 Å². The van der Waals surface area contributed by atoms with Gasteiger partial charge in [0, 0.05) is 11.8 Å². The third-order valence-electron chi connectivity index (χ3n) is 3.58. The van der Waals surface area contributed by atoms with E-state index in [1.54, 1.807) is 0 Å². The van der Waals surface area contributed by atoms with E-state index in [4.69, 9.17) is 22.7 Å². The van der Waals surface area contributed by atoms with Crippen LogP contribution in [0.5, 0.6) is 5.75 Å². The molecule has 0 heterocycles. The van der Waals surface area contributed by atoms with Crippen LogP contribution in [0.1, 0.15) is 44.6 Å². The average molecular weight is 263 g/mol. The lowest BCUT2D eigenvalue weighted by atomic mass is 10.0. The van der Waals surface area contributed by atoms with Gasteiger partial charge in [0.25, 0.3) is 0 Å². The summed E-state index contributed by atoms with van der Waals surface area (Å²) < 4.78 is 6.01. The molecule has 0 aliphatic heterocycles. The molecule has 1 fully saturated rings. The summed E-state index contributed by atoms with van der Waals surface area (Å²) in [4.78, 5) is 0.605. The minimum Gasteiger partial charge on any atom is -0.493 e. The summed E-state index contributed by atoms with van der Waals surface area (Å²) in [5.41, 5.74) is 7.13. The molecule has 0 unspecified atom stereocenters. The number of thiocarbonyl (C=S) groups is 1. The van der Waals surface area contributed by atoms with Gasteiger partial charge in [0.15, 0.2) is 0 Å². The Morgan fingerprint density at radius 3 is 2.61 bits per heavy atom. The maximum absolute atomic E-state index is 6.01. The summed E-state index contributed by atoms with van der Waals surface area (Å²) in [6, 6.07) is 8.26. The van der Waals surface area contributed by atoms with E-state index in [-0.39, 0.29) is 5.41 Å². The Hall–Kier alpha value is -1.09. The normalized spacial score (nSPS) is 16.6. The molecule has 18 heavy (non-hydrogen) atoms. The van der Waals surface area contributed by atoms with Crippen molar-refractivity contribution in [1.29, 1.82) is 0 Å². The number of hydrogen-bond acceptors (Lipinski definition) is 2. The fraction of sp³-hybridized carbons (Fsp3) is 0.533. The highest BCUT2D eigenvalue weighted by molar-refractivity contribution is 7.80. The third-order valence-corrected chi connectivity index (χ3v) is 3.73. The molecule has 2 rings (SSSR count). The highest BCUT2D eigenvalue weighted by Crippen LogP contribution is 2.49. The van der Waals surface area contributed by atoms with Crippen LogP contribution in [0.3, 0.4) is 0 Å². The predicted octanol–water partition coefficient (Wildman–Crippen LogP) is 3.65. The number of benzene rings is 1. The molecule has 0 amide bonds. The first-order chi connectivity index (χ1) is 8.52. The van der Waals surface area contributed by atoms with Crippen LogP contribution in [0, 0.1) is 5.41 Å². The molecule has 1 saturated carbocycles. The number of nitrogens with two attached hydrogens (primary N) is 1. The van der Waals surface area contributed by atoms with Gasteiger partial charge in [0.2, 0.25) is 0 Å². The molecule has 2 N–H and O–H groups in total. The van der Waals surface area contributed by atoms with Gasteiger partial charge in [-0.15, -0.1) is 0 Å². The van der Waals surface area contributed by atoms with Gasteiger partial charge in [-0.25, -0.2) is 0 Å². The highest BCUT2D eigenvalue weighted by atomic mass is 32.1. The second-order valence-corrected chi connectivity index (χ2v) is 6.15. The van der Waals surface area contributed by atoms with Gasteiger partial charge in [0.1, 0.15) is 5.75 Å². The van der Waals surface area contributed by atoms with E-state index in [1.807, 2.05) is 12.1 Å². The summed E-state index contributed by atoms with van der Waals surface area (Å²) in [5.74, 6) is 1.48. The Kier molecular flexibility index (Phi) is 3.91. The maximum Gasteiger partial charge on any atom is 0.122 e. The van der Waals surface area contributed by atoms with Crippen LogP contribution in [0.2, 0.25) is 0 Å². The standard InChI is InChI=1S/C15H21NOS/c1-11(2)12-5-3-4-6-13(12)17-10-15(7-8-15)9-14(16)18/h3-6,11H,7-10H2,1-2H3,(H2,16,18). The summed E-state index contributed by atoms with van der Waals surface area (Å²) in [6.07, 6.45) is 3.16. The zero-order valence-corrected chi connectivity index (χ0v) is 11.9. The largest absolute Gasteiger partial charge is 0.493 e. The zero-order valence-electron chi connectivity index (χ0n) is 11.1. The van der Waals surface area contributed by atoms with Gasteiger partial charge in [-0.3, -0.25) is 0 Å². The molecule has 1 aliphatic rings. The van der Waals surface area contributed by atoms with Crippen molar-refractivity contribution in [3.8, 4) is 5.75 Å². The molecule has 0 saturated heterocycles. The van der Waals surface area contributed by atoms with E-state index in [2.05, 4.69) is 26.0 Å². The van der Waals surface area contributed by atoms with Crippen molar-refractivity contribution in [3.63, 3.8) is 0 Å². The molecule has 0 radical (unpaired) electrons. The Bertz CT molecular complexity index is 438. The molecule has 98 valence electrons. The summed E-state index contributed by atoms with van der Waals surface area (Å²) in [5, 5.41) is 0. The highest BCUT2D eigenvalue weighted by Gasteiger charge is 2.43.